The van der Waals surface area contributed by atoms with Crippen LogP contribution in [0.4, 0.5) is 0 Å². The second-order valence-electron chi connectivity index (χ2n) is 6.61. The standard InChI is InChI=1S/C17H25N3O.2ClH/c1-20(2)17(10-13-6-3-4-7-14(13)11-17)12-19-16(21)15-8-5-9-18-15;;/h3-4,6-7,15,18H,5,8-12H2,1-2H3,(H,19,21);2*1H. The van der Waals surface area contributed by atoms with Gasteiger partial charge in [0.15, 0.2) is 0 Å². The summed E-state index contributed by atoms with van der Waals surface area (Å²) in [5.41, 5.74) is 2.84. The van der Waals surface area contributed by atoms with Crippen LogP contribution in [0, 0.1) is 0 Å². The van der Waals surface area contributed by atoms with Crippen molar-refractivity contribution in [1.29, 1.82) is 0 Å². The van der Waals surface area contributed by atoms with Crippen LogP contribution in [0.5, 0.6) is 0 Å². The fourth-order valence-electron chi connectivity index (χ4n) is 3.56. The van der Waals surface area contributed by atoms with Crippen LogP contribution in [0.2, 0.25) is 0 Å². The van der Waals surface area contributed by atoms with E-state index in [1.165, 1.54) is 11.1 Å². The van der Waals surface area contributed by atoms with E-state index >= 15 is 0 Å². The number of benzene rings is 1. The van der Waals surface area contributed by atoms with Crippen LogP contribution in [-0.2, 0) is 17.6 Å². The normalized spacial score (nSPS) is 21.3. The minimum Gasteiger partial charge on any atom is -0.353 e. The van der Waals surface area contributed by atoms with Gasteiger partial charge in [0.05, 0.1) is 6.04 Å². The van der Waals surface area contributed by atoms with E-state index in [2.05, 4.69) is 53.9 Å². The Morgan fingerprint density at radius 1 is 1.26 bits per heavy atom. The van der Waals surface area contributed by atoms with Gasteiger partial charge in [0.25, 0.3) is 0 Å². The van der Waals surface area contributed by atoms with Crippen molar-refractivity contribution in [3.8, 4) is 0 Å². The van der Waals surface area contributed by atoms with Crippen LogP contribution in [0.3, 0.4) is 0 Å². The number of hydrogen-bond acceptors (Lipinski definition) is 3. The molecule has 0 spiro atoms. The number of carbonyl (C=O) groups is 1. The van der Waals surface area contributed by atoms with E-state index < -0.39 is 0 Å². The molecule has 2 N–H and O–H groups in total. The number of likely N-dealkylation sites (N-methyl/N-ethyl adjacent to an activating group) is 1. The molecule has 1 unspecified atom stereocenters. The third-order valence-electron chi connectivity index (χ3n) is 5.07. The maximum absolute atomic E-state index is 12.2. The molecule has 0 bridgehead atoms. The second kappa shape index (κ2) is 8.34. The molecule has 130 valence electrons. The van der Waals surface area contributed by atoms with E-state index in [1.807, 2.05) is 0 Å². The molecule has 2 aliphatic rings. The summed E-state index contributed by atoms with van der Waals surface area (Å²) in [4.78, 5) is 14.5. The van der Waals surface area contributed by atoms with Gasteiger partial charge in [0.2, 0.25) is 5.91 Å². The Bertz CT molecular complexity index is 505. The number of nitrogens with one attached hydrogen (secondary N) is 2. The van der Waals surface area contributed by atoms with Gasteiger partial charge in [-0.3, -0.25) is 4.79 Å². The Morgan fingerprint density at radius 3 is 2.35 bits per heavy atom. The van der Waals surface area contributed by atoms with Gasteiger partial charge in [-0.05, 0) is 57.5 Å². The lowest BCUT2D eigenvalue weighted by atomic mass is 9.94. The van der Waals surface area contributed by atoms with E-state index in [0.717, 1.165) is 32.2 Å². The topological polar surface area (TPSA) is 44.4 Å². The summed E-state index contributed by atoms with van der Waals surface area (Å²) in [6.07, 6.45) is 4.08. The zero-order valence-corrected chi connectivity index (χ0v) is 15.4. The average molecular weight is 360 g/mol. The van der Waals surface area contributed by atoms with Gasteiger partial charge in [-0.2, -0.15) is 0 Å². The summed E-state index contributed by atoms with van der Waals surface area (Å²) in [5.74, 6) is 0.157. The number of rotatable bonds is 4. The summed E-state index contributed by atoms with van der Waals surface area (Å²) in [7, 11) is 4.23. The Morgan fingerprint density at radius 2 is 1.87 bits per heavy atom. The first kappa shape index (κ1) is 20.2. The lowest BCUT2D eigenvalue weighted by molar-refractivity contribution is -0.123. The number of nitrogens with zero attached hydrogens (tertiary/aromatic N) is 1. The molecule has 0 saturated carbocycles. The van der Waals surface area contributed by atoms with Gasteiger partial charge in [0.1, 0.15) is 0 Å². The number of amides is 1. The van der Waals surface area contributed by atoms with Crippen molar-refractivity contribution in [3.63, 3.8) is 0 Å². The molecule has 1 aromatic rings. The number of hydrogen-bond donors (Lipinski definition) is 2. The third-order valence-corrected chi connectivity index (χ3v) is 5.07. The molecule has 1 aliphatic heterocycles. The predicted molar refractivity (Wildman–Crippen MR) is 98.8 cm³/mol. The van der Waals surface area contributed by atoms with Crippen LogP contribution in [0.25, 0.3) is 0 Å². The first-order valence-corrected chi connectivity index (χ1v) is 7.86. The summed E-state index contributed by atoms with van der Waals surface area (Å²) >= 11 is 0. The minimum atomic E-state index is 0. The molecule has 1 amide bonds. The maximum Gasteiger partial charge on any atom is 0.237 e. The zero-order valence-electron chi connectivity index (χ0n) is 13.8. The monoisotopic (exact) mass is 359 g/mol. The molecule has 3 rings (SSSR count). The fourth-order valence-corrected chi connectivity index (χ4v) is 3.56. The molecule has 1 saturated heterocycles. The van der Waals surface area contributed by atoms with Crippen LogP contribution < -0.4 is 10.6 Å². The summed E-state index contributed by atoms with van der Waals surface area (Å²) in [6.45, 7) is 1.67. The van der Waals surface area contributed by atoms with Crippen molar-refractivity contribution in [3.05, 3.63) is 35.4 Å². The van der Waals surface area contributed by atoms with E-state index in [4.69, 9.17) is 0 Å². The molecule has 1 aliphatic carbocycles. The molecule has 0 aromatic heterocycles. The summed E-state index contributed by atoms with van der Waals surface area (Å²) in [5, 5.41) is 6.45. The minimum absolute atomic E-state index is 0. The first-order chi connectivity index (χ1) is 10.1. The molecule has 1 atom stereocenters. The Kier molecular flexibility index (Phi) is 7.33. The Labute approximate surface area is 151 Å². The fraction of sp³-hybridized carbons (Fsp3) is 0.588. The molecule has 23 heavy (non-hydrogen) atoms. The molecular weight excluding hydrogens is 333 g/mol. The highest BCUT2D eigenvalue weighted by Crippen LogP contribution is 2.33. The molecule has 1 fully saturated rings. The van der Waals surface area contributed by atoms with Crippen LogP contribution in [0.15, 0.2) is 24.3 Å². The molecule has 4 nitrogen and oxygen atoms in total. The van der Waals surface area contributed by atoms with Gasteiger partial charge in [-0.25, -0.2) is 0 Å². The first-order valence-electron chi connectivity index (χ1n) is 7.86. The highest BCUT2D eigenvalue weighted by Gasteiger charge is 2.39. The van der Waals surface area contributed by atoms with E-state index in [0.29, 0.717) is 6.54 Å². The smallest absolute Gasteiger partial charge is 0.237 e. The average Bonchev–Trinajstić information content (AvgIpc) is 3.12. The number of halogens is 2. The quantitative estimate of drug-likeness (QED) is 0.861. The van der Waals surface area contributed by atoms with Crippen molar-refractivity contribution in [2.24, 2.45) is 0 Å². The number of fused-ring (bicyclic) bond motifs is 1. The van der Waals surface area contributed by atoms with Gasteiger partial charge in [-0.15, -0.1) is 24.8 Å². The largest absolute Gasteiger partial charge is 0.353 e. The number of carbonyl (C=O) groups excluding carboxylic acids is 1. The SMILES string of the molecule is CN(C)C1(CNC(=O)C2CCCN2)Cc2ccccc2C1.Cl.Cl. The van der Waals surface area contributed by atoms with Crippen LogP contribution in [0.1, 0.15) is 24.0 Å². The lowest BCUT2D eigenvalue weighted by Crippen LogP contribution is -2.55. The Balaban J connectivity index is 0.00000132. The third kappa shape index (κ3) is 4.18. The highest BCUT2D eigenvalue weighted by molar-refractivity contribution is 5.85. The van der Waals surface area contributed by atoms with E-state index in [-0.39, 0.29) is 42.3 Å². The Hall–Kier alpha value is -0.810. The van der Waals surface area contributed by atoms with Crippen molar-refractivity contribution < 1.29 is 4.79 Å². The van der Waals surface area contributed by atoms with Crippen molar-refractivity contribution in [2.75, 3.05) is 27.2 Å². The van der Waals surface area contributed by atoms with Crippen LogP contribution in [-0.4, -0.2) is 49.6 Å². The molecular formula is C17H27Cl2N3O. The molecule has 0 radical (unpaired) electrons. The van der Waals surface area contributed by atoms with Crippen LogP contribution >= 0.6 is 24.8 Å². The molecule has 6 heteroatoms. The zero-order chi connectivity index (χ0) is 14.9. The second-order valence-corrected chi connectivity index (χ2v) is 6.61. The van der Waals surface area contributed by atoms with Gasteiger partial charge in [0, 0.05) is 12.1 Å². The van der Waals surface area contributed by atoms with Crippen molar-refractivity contribution >= 4 is 30.7 Å². The van der Waals surface area contributed by atoms with Crippen molar-refractivity contribution in [2.45, 2.75) is 37.3 Å². The van der Waals surface area contributed by atoms with Crippen molar-refractivity contribution in [1.82, 2.24) is 15.5 Å². The van der Waals surface area contributed by atoms with Gasteiger partial charge in [-0.1, -0.05) is 24.3 Å². The summed E-state index contributed by atoms with van der Waals surface area (Å²) in [6, 6.07) is 8.63. The maximum atomic E-state index is 12.2. The van der Waals surface area contributed by atoms with E-state index in [1.54, 1.807) is 0 Å². The molecule has 1 heterocycles. The van der Waals surface area contributed by atoms with E-state index in [9.17, 15) is 4.79 Å². The highest BCUT2D eigenvalue weighted by atomic mass is 35.5. The lowest BCUT2D eigenvalue weighted by Gasteiger charge is -2.36. The predicted octanol–water partition coefficient (Wildman–Crippen LogP) is 1.80. The van der Waals surface area contributed by atoms with Gasteiger partial charge < -0.3 is 15.5 Å². The summed E-state index contributed by atoms with van der Waals surface area (Å²) < 4.78 is 0. The van der Waals surface area contributed by atoms with Gasteiger partial charge >= 0.3 is 0 Å². The molecule has 1 aromatic carbocycles.